The summed E-state index contributed by atoms with van der Waals surface area (Å²) >= 11 is 1.51. The summed E-state index contributed by atoms with van der Waals surface area (Å²) in [7, 11) is 0. The third-order valence-electron chi connectivity index (χ3n) is 4.26. The van der Waals surface area contributed by atoms with E-state index in [0.29, 0.717) is 16.9 Å². The number of piperidine rings is 1. The summed E-state index contributed by atoms with van der Waals surface area (Å²) in [5.74, 6) is 0.278. The molecule has 7 heteroatoms. The van der Waals surface area contributed by atoms with Gasteiger partial charge in [0.1, 0.15) is 11.4 Å². The van der Waals surface area contributed by atoms with E-state index in [4.69, 9.17) is 4.74 Å². The van der Waals surface area contributed by atoms with Gasteiger partial charge in [-0.2, -0.15) is 11.3 Å². The normalized spacial score (nSPS) is 15.1. The van der Waals surface area contributed by atoms with E-state index in [9.17, 15) is 9.59 Å². The van der Waals surface area contributed by atoms with E-state index < -0.39 is 0 Å². The van der Waals surface area contributed by atoms with Gasteiger partial charge < -0.3 is 15.0 Å². The SMILES string of the molecule is CC(C)OC(=O)c1cccnc1N1CCC(NC(=O)c2ccsc2)CC1. The molecule has 1 amide bonds. The van der Waals surface area contributed by atoms with Gasteiger partial charge in [-0.3, -0.25) is 4.79 Å². The van der Waals surface area contributed by atoms with Crippen molar-refractivity contribution in [1.29, 1.82) is 0 Å². The van der Waals surface area contributed by atoms with Gasteiger partial charge in [0.05, 0.1) is 6.10 Å². The monoisotopic (exact) mass is 373 g/mol. The van der Waals surface area contributed by atoms with E-state index in [0.717, 1.165) is 25.9 Å². The number of ether oxygens (including phenoxy) is 1. The Morgan fingerprint density at radius 1 is 1.31 bits per heavy atom. The van der Waals surface area contributed by atoms with E-state index in [2.05, 4.69) is 15.2 Å². The van der Waals surface area contributed by atoms with Crippen LogP contribution >= 0.6 is 11.3 Å². The fourth-order valence-electron chi connectivity index (χ4n) is 2.98. The maximum absolute atomic E-state index is 12.3. The smallest absolute Gasteiger partial charge is 0.342 e. The molecule has 0 unspecified atom stereocenters. The number of pyridine rings is 1. The van der Waals surface area contributed by atoms with Gasteiger partial charge >= 0.3 is 5.97 Å². The Bertz CT molecular complexity index is 753. The molecular weight excluding hydrogens is 350 g/mol. The molecule has 2 aromatic heterocycles. The lowest BCUT2D eigenvalue weighted by Crippen LogP contribution is -2.45. The van der Waals surface area contributed by atoms with E-state index in [-0.39, 0.29) is 24.0 Å². The van der Waals surface area contributed by atoms with Crippen molar-refractivity contribution in [1.82, 2.24) is 10.3 Å². The molecule has 0 atom stereocenters. The standard InChI is InChI=1S/C19H23N3O3S/c1-13(2)25-19(24)16-4-3-8-20-17(16)22-9-5-15(6-10-22)21-18(23)14-7-11-26-12-14/h3-4,7-8,11-13,15H,5-6,9-10H2,1-2H3,(H,21,23). The number of anilines is 1. The van der Waals surface area contributed by atoms with Gasteiger partial charge in [0.2, 0.25) is 0 Å². The number of hydrogen-bond donors (Lipinski definition) is 1. The summed E-state index contributed by atoms with van der Waals surface area (Å²) in [6.45, 7) is 5.12. The van der Waals surface area contributed by atoms with Crippen molar-refractivity contribution in [2.75, 3.05) is 18.0 Å². The molecule has 2 aromatic rings. The first-order chi connectivity index (χ1) is 12.5. The molecule has 1 aliphatic rings. The zero-order valence-electron chi connectivity index (χ0n) is 15.0. The van der Waals surface area contributed by atoms with Crippen LogP contribution in [0.4, 0.5) is 5.82 Å². The van der Waals surface area contributed by atoms with Gasteiger partial charge in [-0.25, -0.2) is 9.78 Å². The van der Waals surface area contributed by atoms with Crippen LogP contribution in [0.15, 0.2) is 35.2 Å². The molecule has 26 heavy (non-hydrogen) atoms. The van der Waals surface area contributed by atoms with Crippen LogP contribution in [0.5, 0.6) is 0 Å². The highest BCUT2D eigenvalue weighted by Gasteiger charge is 2.25. The predicted octanol–water partition coefficient (Wildman–Crippen LogP) is 3.11. The summed E-state index contributed by atoms with van der Waals surface area (Å²) in [6, 6.07) is 5.45. The van der Waals surface area contributed by atoms with Crippen LogP contribution < -0.4 is 10.2 Å². The van der Waals surface area contributed by atoms with Crippen molar-refractivity contribution >= 4 is 29.0 Å². The van der Waals surface area contributed by atoms with Crippen molar-refractivity contribution in [3.8, 4) is 0 Å². The Morgan fingerprint density at radius 2 is 2.08 bits per heavy atom. The maximum atomic E-state index is 12.3. The minimum atomic E-state index is -0.351. The number of hydrogen-bond acceptors (Lipinski definition) is 6. The molecule has 138 valence electrons. The Labute approximate surface area is 157 Å². The number of rotatable bonds is 5. The van der Waals surface area contributed by atoms with E-state index >= 15 is 0 Å². The molecule has 0 saturated carbocycles. The Hall–Kier alpha value is -2.41. The summed E-state index contributed by atoms with van der Waals surface area (Å²) in [6.07, 6.45) is 3.14. The highest BCUT2D eigenvalue weighted by Crippen LogP contribution is 2.23. The number of esters is 1. The number of thiophene rings is 1. The minimum absolute atomic E-state index is 0.0243. The van der Waals surface area contributed by atoms with Crippen LogP contribution in [-0.2, 0) is 4.74 Å². The highest BCUT2D eigenvalue weighted by atomic mass is 32.1. The number of amides is 1. The lowest BCUT2D eigenvalue weighted by molar-refractivity contribution is 0.0378. The zero-order valence-corrected chi connectivity index (χ0v) is 15.8. The number of nitrogens with zero attached hydrogens (tertiary/aromatic N) is 2. The van der Waals surface area contributed by atoms with Crippen molar-refractivity contribution in [2.45, 2.75) is 38.8 Å². The third kappa shape index (κ3) is 4.40. The number of aromatic nitrogens is 1. The molecule has 3 rings (SSSR count). The molecule has 1 N–H and O–H groups in total. The van der Waals surface area contributed by atoms with Crippen molar-refractivity contribution < 1.29 is 14.3 Å². The Balaban J connectivity index is 1.61. The highest BCUT2D eigenvalue weighted by molar-refractivity contribution is 7.08. The van der Waals surface area contributed by atoms with Crippen molar-refractivity contribution in [2.24, 2.45) is 0 Å². The van der Waals surface area contributed by atoms with Crippen LogP contribution in [-0.4, -0.2) is 42.1 Å². The van der Waals surface area contributed by atoms with Crippen LogP contribution in [0.3, 0.4) is 0 Å². The molecule has 0 radical (unpaired) electrons. The molecule has 1 saturated heterocycles. The number of nitrogens with one attached hydrogen (secondary N) is 1. The second kappa shape index (κ2) is 8.31. The first kappa shape index (κ1) is 18.4. The average Bonchev–Trinajstić information content (AvgIpc) is 3.17. The minimum Gasteiger partial charge on any atom is -0.459 e. The topological polar surface area (TPSA) is 71.5 Å². The lowest BCUT2D eigenvalue weighted by Gasteiger charge is -2.33. The molecule has 1 fully saturated rings. The first-order valence-electron chi connectivity index (χ1n) is 8.78. The molecular formula is C19H23N3O3S. The molecule has 6 nitrogen and oxygen atoms in total. The van der Waals surface area contributed by atoms with E-state index in [1.54, 1.807) is 18.3 Å². The number of carbonyl (C=O) groups is 2. The lowest BCUT2D eigenvalue weighted by atomic mass is 10.0. The van der Waals surface area contributed by atoms with Crippen LogP contribution in [0.25, 0.3) is 0 Å². The Kier molecular flexibility index (Phi) is 5.88. The molecule has 1 aliphatic heterocycles. The third-order valence-corrected chi connectivity index (χ3v) is 4.95. The number of carbonyl (C=O) groups excluding carboxylic acids is 2. The molecule has 0 aliphatic carbocycles. The summed E-state index contributed by atoms with van der Waals surface area (Å²) < 4.78 is 5.32. The predicted molar refractivity (Wildman–Crippen MR) is 102 cm³/mol. The van der Waals surface area contributed by atoms with Gasteiger partial charge in [0.25, 0.3) is 5.91 Å². The van der Waals surface area contributed by atoms with Gasteiger partial charge in [-0.15, -0.1) is 0 Å². The molecule has 0 bridgehead atoms. The summed E-state index contributed by atoms with van der Waals surface area (Å²) in [4.78, 5) is 31.0. The van der Waals surface area contributed by atoms with Gasteiger partial charge in [0.15, 0.2) is 0 Å². The molecule has 0 spiro atoms. The summed E-state index contributed by atoms with van der Waals surface area (Å²) in [5, 5.41) is 6.84. The van der Waals surface area contributed by atoms with Crippen LogP contribution in [0.2, 0.25) is 0 Å². The largest absolute Gasteiger partial charge is 0.459 e. The summed E-state index contributed by atoms with van der Waals surface area (Å²) in [5.41, 5.74) is 1.20. The van der Waals surface area contributed by atoms with Gasteiger partial charge in [-0.1, -0.05) is 0 Å². The molecule has 0 aromatic carbocycles. The second-order valence-electron chi connectivity index (χ2n) is 6.58. The van der Waals surface area contributed by atoms with Crippen molar-refractivity contribution in [3.05, 3.63) is 46.3 Å². The quantitative estimate of drug-likeness (QED) is 0.816. The first-order valence-corrected chi connectivity index (χ1v) is 9.73. The van der Waals surface area contributed by atoms with Crippen LogP contribution in [0, 0.1) is 0 Å². The average molecular weight is 373 g/mol. The van der Waals surface area contributed by atoms with Gasteiger partial charge in [0, 0.05) is 36.3 Å². The van der Waals surface area contributed by atoms with Crippen molar-refractivity contribution in [3.63, 3.8) is 0 Å². The van der Waals surface area contributed by atoms with E-state index in [1.165, 1.54) is 11.3 Å². The Morgan fingerprint density at radius 3 is 2.73 bits per heavy atom. The van der Waals surface area contributed by atoms with Crippen LogP contribution in [0.1, 0.15) is 47.4 Å². The maximum Gasteiger partial charge on any atom is 0.342 e. The fourth-order valence-corrected chi connectivity index (χ4v) is 3.62. The van der Waals surface area contributed by atoms with E-state index in [1.807, 2.05) is 30.7 Å². The molecule has 3 heterocycles. The zero-order chi connectivity index (χ0) is 18.5. The second-order valence-corrected chi connectivity index (χ2v) is 7.36. The fraction of sp³-hybridized carbons (Fsp3) is 0.421. The van der Waals surface area contributed by atoms with Gasteiger partial charge in [-0.05, 0) is 50.3 Å².